The lowest BCUT2D eigenvalue weighted by Gasteiger charge is -2.35. The first-order valence-electron chi connectivity index (χ1n) is 5.52. The summed E-state index contributed by atoms with van der Waals surface area (Å²) in [5.41, 5.74) is 5.88. The van der Waals surface area contributed by atoms with Crippen LogP contribution in [0, 0.1) is 0 Å². The molecule has 6 heteroatoms. The van der Waals surface area contributed by atoms with Crippen LogP contribution < -0.4 is 15.4 Å². The van der Waals surface area contributed by atoms with Gasteiger partial charge in [-0.3, -0.25) is 0 Å². The average Bonchev–Trinajstić information content (AvgIpc) is 2.31. The highest BCUT2D eigenvalue weighted by molar-refractivity contribution is 5.68. The summed E-state index contributed by atoms with van der Waals surface area (Å²) >= 11 is 0. The lowest BCUT2D eigenvalue weighted by atomic mass is 10.1. The molecule has 0 bridgehead atoms. The van der Waals surface area contributed by atoms with Crippen molar-refractivity contribution >= 4 is 11.5 Å². The molecule has 3 N–H and O–H groups in total. The molecule has 0 aliphatic rings. The average molecular weight is 240 g/mol. The van der Waals surface area contributed by atoms with Crippen molar-refractivity contribution in [2.45, 2.75) is 26.3 Å². The SMILES string of the molecule is CCOc1ncnc(N(C)C(C)(C)CO)c1N. The summed E-state index contributed by atoms with van der Waals surface area (Å²) in [6.07, 6.45) is 1.40. The third-order valence-corrected chi connectivity index (χ3v) is 2.72. The second kappa shape index (κ2) is 5.18. The van der Waals surface area contributed by atoms with Crippen LogP contribution in [0.1, 0.15) is 20.8 Å². The highest BCUT2D eigenvalue weighted by Crippen LogP contribution is 2.30. The summed E-state index contributed by atoms with van der Waals surface area (Å²) < 4.78 is 5.31. The maximum absolute atomic E-state index is 9.33. The van der Waals surface area contributed by atoms with E-state index in [2.05, 4.69) is 9.97 Å². The number of likely N-dealkylation sites (N-methyl/N-ethyl adjacent to an activating group) is 1. The Morgan fingerprint density at radius 1 is 1.47 bits per heavy atom. The zero-order chi connectivity index (χ0) is 13.1. The number of aliphatic hydroxyl groups is 1. The monoisotopic (exact) mass is 240 g/mol. The van der Waals surface area contributed by atoms with E-state index in [1.807, 2.05) is 32.7 Å². The molecule has 0 saturated heterocycles. The second-order valence-corrected chi connectivity index (χ2v) is 4.38. The number of anilines is 2. The summed E-state index contributed by atoms with van der Waals surface area (Å²) in [5.74, 6) is 0.931. The molecular formula is C11H20N4O2. The van der Waals surface area contributed by atoms with E-state index in [-0.39, 0.29) is 6.61 Å². The predicted molar refractivity (Wildman–Crippen MR) is 67.2 cm³/mol. The third kappa shape index (κ3) is 2.76. The van der Waals surface area contributed by atoms with E-state index in [4.69, 9.17) is 10.5 Å². The fourth-order valence-electron chi connectivity index (χ4n) is 1.28. The topological polar surface area (TPSA) is 84.5 Å². The molecule has 1 aromatic heterocycles. The molecule has 0 radical (unpaired) electrons. The number of aliphatic hydroxyl groups excluding tert-OH is 1. The van der Waals surface area contributed by atoms with Gasteiger partial charge in [-0.2, -0.15) is 4.98 Å². The minimum Gasteiger partial charge on any atom is -0.476 e. The molecule has 0 unspecified atom stereocenters. The van der Waals surface area contributed by atoms with Gasteiger partial charge in [0.25, 0.3) is 0 Å². The molecule has 17 heavy (non-hydrogen) atoms. The molecular weight excluding hydrogens is 220 g/mol. The maximum Gasteiger partial charge on any atom is 0.242 e. The van der Waals surface area contributed by atoms with Crippen LogP contribution in [0.25, 0.3) is 0 Å². The van der Waals surface area contributed by atoms with E-state index in [0.717, 1.165) is 0 Å². The number of rotatable bonds is 5. The molecule has 0 spiro atoms. The third-order valence-electron chi connectivity index (χ3n) is 2.72. The molecule has 1 heterocycles. The number of hydrogen-bond acceptors (Lipinski definition) is 6. The van der Waals surface area contributed by atoms with Crippen molar-refractivity contribution in [3.05, 3.63) is 6.33 Å². The van der Waals surface area contributed by atoms with Crippen molar-refractivity contribution in [1.29, 1.82) is 0 Å². The van der Waals surface area contributed by atoms with E-state index in [1.54, 1.807) is 0 Å². The van der Waals surface area contributed by atoms with Gasteiger partial charge in [0.05, 0.1) is 18.8 Å². The lowest BCUT2D eigenvalue weighted by Crippen LogP contribution is -2.45. The van der Waals surface area contributed by atoms with E-state index in [1.165, 1.54) is 6.33 Å². The van der Waals surface area contributed by atoms with Gasteiger partial charge in [0.15, 0.2) is 5.82 Å². The van der Waals surface area contributed by atoms with Crippen LogP contribution in [0.5, 0.6) is 5.88 Å². The van der Waals surface area contributed by atoms with Crippen molar-refractivity contribution < 1.29 is 9.84 Å². The zero-order valence-corrected chi connectivity index (χ0v) is 10.8. The van der Waals surface area contributed by atoms with E-state index < -0.39 is 5.54 Å². The maximum atomic E-state index is 9.33. The Balaban J connectivity index is 3.10. The number of hydrogen-bond donors (Lipinski definition) is 2. The van der Waals surface area contributed by atoms with Gasteiger partial charge in [-0.1, -0.05) is 0 Å². The van der Waals surface area contributed by atoms with Crippen molar-refractivity contribution in [3.8, 4) is 5.88 Å². The molecule has 1 rings (SSSR count). The fourth-order valence-corrected chi connectivity index (χ4v) is 1.28. The highest BCUT2D eigenvalue weighted by atomic mass is 16.5. The van der Waals surface area contributed by atoms with Gasteiger partial charge < -0.3 is 20.5 Å². The summed E-state index contributed by atoms with van der Waals surface area (Å²) in [4.78, 5) is 9.92. The fraction of sp³-hybridized carbons (Fsp3) is 0.636. The smallest absolute Gasteiger partial charge is 0.242 e. The zero-order valence-electron chi connectivity index (χ0n) is 10.8. The Kier molecular flexibility index (Phi) is 4.11. The molecule has 0 aliphatic carbocycles. The summed E-state index contributed by atoms with van der Waals surface area (Å²) in [7, 11) is 1.82. The van der Waals surface area contributed by atoms with Crippen LogP contribution in [-0.2, 0) is 0 Å². The molecule has 0 atom stereocenters. The number of nitrogen functional groups attached to an aromatic ring is 1. The van der Waals surface area contributed by atoms with Crippen LogP contribution in [0.2, 0.25) is 0 Å². The van der Waals surface area contributed by atoms with Crippen LogP contribution in [0.15, 0.2) is 6.33 Å². The number of nitrogens with zero attached hydrogens (tertiary/aromatic N) is 3. The molecule has 0 amide bonds. The molecule has 0 aliphatic heterocycles. The van der Waals surface area contributed by atoms with Gasteiger partial charge >= 0.3 is 0 Å². The van der Waals surface area contributed by atoms with Crippen molar-refractivity contribution in [2.75, 3.05) is 30.9 Å². The first-order valence-corrected chi connectivity index (χ1v) is 5.52. The van der Waals surface area contributed by atoms with Crippen molar-refractivity contribution in [2.24, 2.45) is 0 Å². The van der Waals surface area contributed by atoms with Crippen LogP contribution in [0.4, 0.5) is 11.5 Å². The minimum atomic E-state index is -0.452. The lowest BCUT2D eigenvalue weighted by molar-refractivity contribution is 0.215. The summed E-state index contributed by atoms with van der Waals surface area (Å²) in [5, 5.41) is 9.33. The van der Waals surface area contributed by atoms with Crippen LogP contribution >= 0.6 is 0 Å². The van der Waals surface area contributed by atoms with Gasteiger partial charge in [0.1, 0.15) is 12.0 Å². The quantitative estimate of drug-likeness (QED) is 0.786. The van der Waals surface area contributed by atoms with Gasteiger partial charge in [-0.05, 0) is 20.8 Å². The van der Waals surface area contributed by atoms with Crippen molar-refractivity contribution in [1.82, 2.24) is 9.97 Å². The number of nitrogens with two attached hydrogens (primary N) is 1. The van der Waals surface area contributed by atoms with Crippen LogP contribution in [0.3, 0.4) is 0 Å². The Morgan fingerprint density at radius 2 is 2.12 bits per heavy atom. The van der Waals surface area contributed by atoms with Gasteiger partial charge in [-0.25, -0.2) is 4.98 Å². The number of aromatic nitrogens is 2. The summed E-state index contributed by atoms with van der Waals surface area (Å²) in [6, 6.07) is 0. The highest BCUT2D eigenvalue weighted by Gasteiger charge is 2.26. The molecule has 0 aromatic carbocycles. The van der Waals surface area contributed by atoms with Crippen LogP contribution in [-0.4, -0.2) is 40.9 Å². The van der Waals surface area contributed by atoms with E-state index in [9.17, 15) is 5.11 Å². The summed E-state index contributed by atoms with van der Waals surface area (Å²) in [6.45, 7) is 6.15. The Labute approximate surface area is 101 Å². The molecule has 1 aromatic rings. The Bertz CT molecular complexity index is 382. The van der Waals surface area contributed by atoms with Crippen molar-refractivity contribution in [3.63, 3.8) is 0 Å². The standard InChI is InChI=1S/C11H20N4O2/c1-5-17-10-8(12)9(13-7-14-10)15(4)11(2,3)6-16/h7,16H,5-6,12H2,1-4H3. The first kappa shape index (κ1) is 13.5. The van der Waals surface area contributed by atoms with Gasteiger partial charge in [0, 0.05) is 7.05 Å². The van der Waals surface area contributed by atoms with E-state index >= 15 is 0 Å². The number of ether oxygens (including phenoxy) is 1. The Hall–Kier alpha value is -1.56. The molecule has 6 nitrogen and oxygen atoms in total. The molecule has 0 saturated carbocycles. The van der Waals surface area contributed by atoms with E-state index in [0.29, 0.717) is 24.0 Å². The van der Waals surface area contributed by atoms with Gasteiger partial charge in [0.2, 0.25) is 5.88 Å². The Morgan fingerprint density at radius 3 is 2.65 bits per heavy atom. The normalized spacial score (nSPS) is 11.4. The molecule has 96 valence electrons. The predicted octanol–water partition coefficient (Wildman–Crippen LogP) is 0.665. The van der Waals surface area contributed by atoms with Gasteiger partial charge in [-0.15, -0.1) is 0 Å². The minimum absolute atomic E-state index is 0.00306. The molecule has 0 fully saturated rings. The largest absolute Gasteiger partial charge is 0.476 e. The first-order chi connectivity index (χ1) is 7.94. The second-order valence-electron chi connectivity index (χ2n) is 4.38.